The molecule has 0 aliphatic heterocycles. The summed E-state index contributed by atoms with van der Waals surface area (Å²) in [5.74, 6) is -5.25. The standard InChI is InChI=1S/C21H37N5O3.2C2HF3O2/c1-15(2)13-23-20(28)12-19(27)18(11-16-7-4-3-5-8-16)25-21(29)17(22)14-26-10-6-9-24-26;2*3-2(4,5)1(6)7/h6,9-10,15-19,27H,3-5,7-8,11-14,22H2,1-2H3,(H,23,28)(H,25,29);2*(H,6,7)/t17-,18-,19-;;/m0../s1. The van der Waals surface area contributed by atoms with E-state index in [9.17, 15) is 41.0 Å². The number of nitrogens with one attached hydrogen (secondary N) is 2. The quantitative estimate of drug-likeness (QED) is 0.198. The Morgan fingerprint density at radius 3 is 1.93 bits per heavy atom. The molecular formula is C25H39F6N5O7. The van der Waals surface area contributed by atoms with Gasteiger partial charge in [0.2, 0.25) is 11.8 Å². The molecule has 0 bridgehead atoms. The number of carboxylic acids is 2. The Hall–Kier alpha value is -3.41. The average molecular weight is 636 g/mol. The van der Waals surface area contributed by atoms with E-state index >= 15 is 0 Å². The molecule has 248 valence electrons. The maximum atomic E-state index is 12.6. The minimum Gasteiger partial charge on any atom is -0.475 e. The van der Waals surface area contributed by atoms with E-state index in [1.165, 1.54) is 19.3 Å². The Bertz CT molecular complexity index is 960. The monoisotopic (exact) mass is 635 g/mol. The van der Waals surface area contributed by atoms with E-state index in [0.717, 1.165) is 12.8 Å². The third kappa shape index (κ3) is 18.7. The van der Waals surface area contributed by atoms with Crippen LogP contribution >= 0.6 is 0 Å². The number of nitrogens with zero attached hydrogens (tertiary/aromatic N) is 2. The Morgan fingerprint density at radius 2 is 1.51 bits per heavy atom. The first-order chi connectivity index (χ1) is 19.7. The predicted molar refractivity (Wildman–Crippen MR) is 139 cm³/mol. The fourth-order valence-electron chi connectivity index (χ4n) is 3.80. The zero-order chi connectivity index (χ0) is 33.4. The number of aromatic nitrogens is 2. The third-order valence-corrected chi connectivity index (χ3v) is 5.97. The van der Waals surface area contributed by atoms with Crippen molar-refractivity contribution in [1.82, 2.24) is 20.4 Å². The lowest BCUT2D eigenvalue weighted by Gasteiger charge is -2.30. The van der Waals surface area contributed by atoms with E-state index in [-0.39, 0.29) is 24.8 Å². The van der Waals surface area contributed by atoms with E-state index in [4.69, 9.17) is 25.5 Å². The van der Waals surface area contributed by atoms with Gasteiger partial charge in [-0.15, -0.1) is 0 Å². The molecule has 0 aromatic carbocycles. The van der Waals surface area contributed by atoms with Gasteiger partial charge in [0.25, 0.3) is 0 Å². The van der Waals surface area contributed by atoms with Crippen LogP contribution in [0.4, 0.5) is 26.3 Å². The fourth-order valence-corrected chi connectivity index (χ4v) is 3.80. The second kappa shape index (κ2) is 19.0. The fraction of sp³-hybridized carbons (Fsp3) is 0.720. The number of carbonyl (C=O) groups excluding carboxylic acids is 2. The van der Waals surface area contributed by atoms with Crippen LogP contribution in [-0.4, -0.2) is 85.9 Å². The van der Waals surface area contributed by atoms with Crippen LogP contribution in [0.3, 0.4) is 0 Å². The Labute approximate surface area is 244 Å². The average Bonchev–Trinajstić information content (AvgIpc) is 3.40. The van der Waals surface area contributed by atoms with Gasteiger partial charge in [-0.2, -0.15) is 31.4 Å². The van der Waals surface area contributed by atoms with Crippen LogP contribution in [0, 0.1) is 11.8 Å². The normalized spacial score (nSPS) is 16.0. The SMILES string of the molecule is CC(C)CNC(=O)C[C@H](O)[C@H](CC1CCCCC1)NC(=O)[C@@H](N)Cn1cccn1.O=C(O)C(F)(F)F.O=C(O)C(F)(F)F. The van der Waals surface area contributed by atoms with Gasteiger partial charge >= 0.3 is 24.3 Å². The topological polar surface area (TPSA) is 197 Å². The number of hydrogen-bond acceptors (Lipinski definition) is 7. The van der Waals surface area contributed by atoms with Gasteiger partial charge in [-0.3, -0.25) is 14.3 Å². The molecule has 43 heavy (non-hydrogen) atoms. The number of amides is 2. The van der Waals surface area contributed by atoms with Crippen LogP contribution in [0.1, 0.15) is 58.8 Å². The number of alkyl halides is 6. The number of aliphatic hydroxyl groups is 1. The molecule has 2 amide bonds. The summed E-state index contributed by atoms with van der Waals surface area (Å²) < 4.78 is 65.1. The summed E-state index contributed by atoms with van der Waals surface area (Å²) in [4.78, 5) is 42.6. The van der Waals surface area contributed by atoms with Crippen molar-refractivity contribution in [2.75, 3.05) is 6.54 Å². The van der Waals surface area contributed by atoms with E-state index in [1.54, 1.807) is 23.1 Å². The van der Waals surface area contributed by atoms with Gasteiger partial charge in [-0.25, -0.2) is 9.59 Å². The molecule has 0 radical (unpaired) electrons. The van der Waals surface area contributed by atoms with Crippen LogP contribution in [0.15, 0.2) is 18.5 Å². The lowest BCUT2D eigenvalue weighted by atomic mass is 9.83. The van der Waals surface area contributed by atoms with Gasteiger partial charge in [0, 0.05) is 18.9 Å². The molecule has 12 nitrogen and oxygen atoms in total. The van der Waals surface area contributed by atoms with Gasteiger partial charge < -0.3 is 31.7 Å². The maximum absolute atomic E-state index is 12.6. The number of hydrogen-bond donors (Lipinski definition) is 6. The second-order valence-electron chi connectivity index (χ2n) is 10.3. The second-order valence-corrected chi connectivity index (χ2v) is 10.3. The molecule has 0 unspecified atom stereocenters. The van der Waals surface area contributed by atoms with E-state index in [0.29, 0.717) is 24.8 Å². The van der Waals surface area contributed by atoms with Crippen molar-refractivity contribution in [2.24, 2.45) is 17.6 Å². The summed E-state index contributed by atoms with van der Waals surface area (Å²) in [6.07, 6.45) is -1.30. The summed E-state index contributed by atoms with van der Waals surface area (Å²) in [7, 11) is 0. The molecule has 1 aliphatic rings. The number of nitrogens with two attached hydrogens (primary N) is 1. The van der Waals surface area contributed by atoms with Crippen molar-refractivity contribution in [3.8, 4) is 0 Å². The molecular weight excluding hydrogens is 596 g/mol. The van der Waals surface area contributed by atoms with Gasteiger partial charge in [-0.1, -0.05) is 46.0 Å². The number of aliphatic carboxylic acids is 2. The summed E-state index contributed by atoms with van der Waals surface area (Å²) in [6, 6.07) is 0.514. The van der Waals surface area contributed by atoms with E-state index in [1.807, 2.05) is 13.8 Å². The maximum Gasteiger partial charge on any atom is 0.490 e. The van der Waals surface area contributed by atoms with Crippen LogP contribution < -0.4 is 16.4 Å². The van der Waals surface area contributed by atoms with Crippen LogP contribution in [-0.2, 0) is 25.7 Å². The number of aliphatic hydroxyl groups excluding tert-OH is 1. The Balaban J connectivity index is 0.00000104. The molecule has 18 heteroatoms. The number of rotatable bonds is 11. The highest BCUT2D eigenvalue weighted by atomic mass is 19.4. The first kappa shape index (κ1) is 39.6. The molecule has 1 aromatic rings. The van der Waals surface area contributed by atoms with Crippen molar-refractivity contribution < 1.29 is 60.8 Å². The predicted octanol–water partition coefficient (Wildman–Crippen LogP) is 2.46. The van der Waals surface area contributed by atoms with Crippen molar-refractivity contribution in [1.29, 1.82) is 0 Å². The van der Waals surface area contributed by atoms with E-state index in [2.05, 4.69) is 15.7 Å². The minimum absolute atomic E-state index is 0.0290. The zero-order valence-electron chi connectivity index (χ0n) is 23.7. The number of carboxylic acid groups (broad SMARTS) is 2. The van der Waals surface area contributed by atoms with Gasteiger partial charge in [0.05, 0.1) is 25.1 Å². The Kier molecular flexibility index (Phi) is 17.5. The molecule has 0 saturated heterocycles. The van der Waals surface area contributed by atoms with Crippen molar-refractivity contribution in [3.63, 3.8) is 0 Å². The lowest BCUT2D eigenvalue weighted by molar-refractivity contribution is -0.193. The van der Waals surface area contributed by atoms with Crippen molar-refractivity contribution in [2.45, 2.75) is 95.9 Å². The largest absolute Gasteiger partial charge is 0.490 e. The van der Waals surface area contributed by atoms with Crippen molar-refractivity contribution in [3.05, 3.63) is 18.5 Å². The molecule has 7 N–H and O–H groups in total. The van der Waals surface area contributed by atoms with Gasteiger partial charge in [-0.05, 0) is 24.3 Å². The first-order valence-electron chi connectivity index (χ1n) is 13.3. The summed E-state index contributed by atoms with van der Waals surface area (Å²) in [5, 5.41) is 34.8. The van der Waals surface area contributed by atoms with Crippen LogP contribution in [0.25, 0.3) is 0 Å². The van der Waals surface area contributed by atoms with Crippen LogP contribution in [0.5, 0.6) is 0 Å². The number of carbonyl (C=O) groups is 4. The molecule has 3 atom stereocenters. The minimum atomic E-state index is -5.08. The Morgan fingerprint density at radius 1 is 1.00 bits per heavy atom. The summed E-state index contributed by atoms with van der Waals surface area (Å²) >= 11 is 0. The lowest BCUT2D eigenvalue weighted by Crippen LogP contribution is -2.52. The number of halogens is 6. The third-order valence-electron chi connectivity index (χ3n) is 5.97. The molecule has 1 aromatic heterocycles. The highest BCUT2D eigenvalue weighted by Gasteiger charge is 2.39. The molecule has 1 aliphatic carbocycles. The molecule has 0 spiro atoms. The first-order valence-corrected chi connectivity index (χ1v) is 13.3. The molecule has 1 heterocycles. The molecule has 1 saturated carbocycles. The van der Waals surface area contributed by atoms with Crippen LogP contribution in [0.2, 0.25) is 0 Å². The summed E-state index contributed by atoms with van der Waals surface area (Å²) in [6.45, 7) is 4.87. The molecule has 2 rings (SSSR count). The van der Waals surface area contributed by atoms with Gasteiger partial charge in [0.1, 0.15) is 6.04 Å². The van der Waals surface area contributed by atoms with E-state index < -0.39 is 42.5 Å². The summed E-state index contributed by atoms with van der Waals surface area (Å²) in [5.41, 5.74) is 6.04. The van der Waals surface area contributed by atoms with Crippen molar-refractivity contribution >= 4 is 23.8 Å². The zero-order valence-corrected chi connectivity index (χ0v) is 23.7. The highest BCUT2D eigenvalue weighted by Crippen LogP contribution is 2.28. The highest BCUT2D eigenvalue weighted by molar-refractivity contribution is 5.82. The smallest absolute Gasteiger partial charge is 0.475 e. The molecule has 1 fully saturated rings. The van der Waals surface area contributed by atoms with Gasteiger partial charge in [0.15, 0.2) is 0 Å².